The second kappa shape index (κ2) is 13.9. The van der Waals surface area contributed by atoms with Crippen LogP contribution in [0.15, 0.2) is 125 Å². The number of aliphatic imine (C=N–C) groups is 1. The van der Waals surface area contributed by atoms with E-state index in [1.165, 1.54) is 16.7 Å². The van der Waals surface area contributed by atoms with Crippen molar-refractivity contribution in [2.45, 2.75) is 46.5 Å². The summed E-state index contributed by atoms with van der Waals surface area (Å²) >= 11 is 0. The number of aromatic nitrogens is 1. The third-order valence-corrected chi connectivity index (χ3v) is 8.60. The van der Waals surface area contributed by atoms with Crippen LogP contribution in [0.5, 0.6) is 0 Å². The number of hydrogen-bond donors (Lipinski definition) is 0. The first kappa shape index (κ1) is 33.3. The summed E-state index contributed by atoms with van der Waals surface area (Å²) in [5, 5.41) is 2.18. The molecule has 48 heavy (non-hydrogen) atoms. The Morgan fingerprint density at radius 2 is 1.58 bits per heavy atom. The first-order chi connectivity index (χ1) is 22.7. The number of fused-ring (bicyclic) bond motifs is 2. The van der Waals surface area contributed by atoms with Gasteiger partial charge in [0.05, 0.1) is 16.8 Å². The van der Waals surface area contributed by atoms with Crippen molar-refractivity contribution in [2.75, 3.05) is 0 Å². The zero-order valence-corrected chi connectivity index (χ0v) is 30.2. The summed E-state index contributed by atoms with van der Waals surface area (Å²) in [7, 11) is 0. The molecule has 4 heteroatoms. The van der Waals surface area contributed by atoms with Crippen LogP contribution in [0.25, 0.3) is 55.6 Å². The maximum Gasteiger partial charge on any atom is 2.00 e. The normalized spacial score (nSPS) is 11.9. The number of benzene rings is 6. The Morgan fingerprint density at radius 1 is 0.812 bits per heavy atom. The third kappa shape index (κ3) is 6.98. The Bertz CT molecular complexity index is 2210. The fraction of sp³-hybridized carbons (Fsp3) is 0.182. The van der Waals surface area contributed by atoms with Crippen molar-refractivity contribution in [3.63, 3.8) is 0 Å². The van der Waals surface area contributed by atoms with Gasteiger partial charge in [-0.1, -0.05) is 118 Å². The Morgan fingerprint density at radius 3 is 2.33 bits per heavy atom. The quantitative estimate of drug-likeness (QED) is 0.119. The van der Waals surface area contributed by atoms with Crippen molar-refractivity contribution < 1.29 is 25.5 Å². The Kier molecular flexibility index (Phi) is 9.63. The zero-order chi connectivity index (χ0) is 32.5. The smallest absolute Gasteiger partial charge is 0.437 e. The van der Waals surface area contributed by atoms with Crippen molar-refractivity contribution in [3.8, 4) is 33.7 Å². The third-order valence-electron chi connectivity index (χ3n) is 8.60. The minimum Gasteiger partial charge on any atom is -0.437 e. The van der Waals surface area contributed by atoms with E-state index in [0.717, 1.165) is 61.8 Å². The summed E-state index contributed by atoms with van der Waals surface area (Å²) in [6.45, 7) is 11.2. The van der Waals surface area contributed by atoms with Gasteiger partial charge in [0.25, 0.3) is 0 Å². The molecule has 7 rings (SSSR count). The van der Waals surface area contributed by atoms with Gasteiger partial charge in [0.15, 0.2) is 0 Å². The first-order valence-corrected chi connectivity index (χ1v) is 16.3. The second-order valence-corrected chi connectivity index (χ2v) is 13.7. The summed E-state index contributed by atoms with van der Waals surface area (Å²) < 4.78 is 6.54. The molecule has 0 saturated heterocycles. The summed E-state index contributed by atoms with van der Waals surface area (Å²) in [5.41, 5.74) is 11.0. The summed E-state index contributed by atoms with van der Waals surface area (Å²) in [6.07, 6.45) is 2.99. The van der Waals surface area contributed by atoms with Gasteiger partial charge in [-0.05, 0) is 53.3 Å². The summed E-state index contributed by atoms with van der Waals surface area (Å²) in [4.78, 5) is 10.0. The van der Waals surface area contributed by atoms with E-state index < -0.39 is 0 Å². The van der Waals surface area contributed by atoms with E-state index in [-0.39, 0.29) is 26.5 Å². The molecule has 7 aromatic rings. The largest absolute Gasteiger partial charge is 2.00 e. The molecule has 240 valence electrons. The van der Waals surface area contributed by atoms with E-state index in [9.17, 15) is 0 Å². The van der Waals surface area contributed by atoms with E-state index in [4.69, 9.17) is 14.4 Å². The Balaban J connectivity index is 0.00000401. The van der Waals surface area contributed by atoms with E-state index in [1.54, 1.807) is 0 Å². The second-order valence-electron chi connectivity index (χ2n) is 13.7. The SMILES string of the molecule is CC(C)Cc1ccc(-c2c[c-]c(-c3cc(C(C)(C)C)cc4oc(-c5ccccc5N=Cc5cccc6ccc[c-]c56)nc34)cc2)cc1.[Pt+2]. The van der Waals surface area contributed by atoms with Gasteiger partial charge in [-0.2, -0.15) is 0 Å². The summed E-state index contributed by atoms with van der Waals surface area (Å²) in [5.74, 6) is 1.18. The van der Waals surface area contributed by atoms with Crippen molar-refractivity contribution in [1.29, 1.82) is 0 Å². The molecule has 0 aliphatic carbocycles. The molecule has 0 saturated carbocycles. The van der Waals surface area contributed by atoms with Gasteiger partial charge in [0.2, 0.25) is 5.89 Å². The molecule has 0 aliphatic heterocycles. The molecular formula is C44H38N2OPt. The average molecular weight is 806 g/mol. The molecule has 0 amide bonds. The molecular weight excluding hydrogens is 768 g/mol. The van der Waals surface area contributed by atoms with Gasteiger partial charge in [-0.25, -0.2) is 4.98 Å². The molecule has 6 aromatic carbocycles. The minimum absolute atomic E-state index is 0. The number of rotatable bonds is 7. The number of nitrogens with zero attached hydrogens (tertiary/aromatic N) is 2. The Hall–Kier alpha value is -4.59. The van der Waals surface area contributed by atoms with Crippen molar-refractivity contribution >= 4 is 33.8 Å². The van der Waals surface area contributed by atoms with Gasteiger partial charge in [-0.15, -0.1) is 64.9 Å². The molecule has 3 nitrogen and oxygen atoms in total. The van der Waals surface area contributed by atoms with Crippen molar-refractivity contribution in [2.24, 2.45) is 10.9 Å². The standard InChI is InChI=1S/C44H38N2O.Pt/c1-29(2)25-30-17-19-31(20-18-30)32-21-23-34(24-22-32)39-26-36(44(3,4)5)27-41-42(39)46-43(47-41)38-15-8-9-16-40(38)45-28-35-13-10-12-33-11-6-7-14-37(33)35;/h6-13,15-23,26-29H,25H2,1-5H3;/q-2;+2. The molecule has 0 aliphatic rings. The molecule has 0 radical (unpaired) electrons. The van der Waals surface area contributed by atoms with E-state index in [1.807, 2.05) is 48.7 Å². The molecule has 0 atom stereocenters. The van der Waals surface area contributed by atoms with Crippen LogP contribution in [0.1, 0.15) is 51.3 Å². The van der Waals surface area contributed by atoms with Crippen LogP contribution >= 0.6 is 0 Å². The molecule has 1 heterocycles. The van der Waals surface area contributed by atoms with Gasteiger partial charge < -0.3 is 4.42 Å². The fourth-order valence-electron chi connectivity index (χ4n) is 6.05. The Labute approximate surface area is 298 Å². The fourth-order valence-corrected chi connectivity index (χ4v) is 6.05. The van der Waals surface area contributed by atoms with Crippen LogP contribution in [-0.2, 0) is 32.9 Å². The molecule has 1 aromatic heterocycles. The van der Waals surface area contributed by atoms with Crippen LogP contribution in [0.3, 0.4) is 0 Å². The molecule has 0 unspecified atom stereocenters. The molecule has 0 N–H and O–H groups in total. The molecule has 0 fully saturated rings. The van der Waals surface area contributed by atoms with E-state index in [2.05, 4.69) is 120 Å². The maximum absolute atomic E-state index is 6.54. The topological polar surface area (TPSA) is 38.4 Å². The van der Waals surface area contributed by atoms with Gasteiger partial charge in [-0.3, -0.25) is 4.99 Å². The number of hydrogen-bond acceptors (Lipinski definition) is 3. The van der Waals surface area contributed by atoms with Gasteiger partial charge >= 0.3 is 21.1 Å². The van der Waals surface area contributed by atoms with Crippen LogP contribution < -0.4 is 0 Å². The zero-order valence-electron chi connectivity index (χ0n) is 28.0. The van der Waals surface area contributed by atoms with Crippen molar-refractivity contribution in [1.82, 2.24) is 4.98 Å². The predicted octanol–water partition coefficient (Wildman–Crippen LogP) is 11.8. The summed E-state index contributed by atoms with van der Waals surface area (Å²) in [6, 6.07) is 46.8. The number of para-hydroxylation sites is 1. The van der Waals surface area contributed by atoms with Gasteiger partial charge in [0.1, 0.15) is 5.58 Å². The molecule has 0 bridgehead atoms. The first-order valence-electron chi connectivity index (χ1n) is 16.3. The molecule has 0 spiro atoms. The van der Waals surface area contributed by atoms with E-state index in [0.29, 0.717) is 11.8 Å². The van der Waals surface area contributed by atoms with Crippen LogP contribution in [0, 0.1) is 18.1 Å². The van der Waals surface area contributed by atoms with Crippen LogP contribution in [0.2, 0.25) is 0 Å². The average Bonchev–Trinajstić information content (AvgIpc) is 3.51. The van der Waals surface area contributed by atoms with Gasteiger partial charge in [0, 0.05) is 0 Å². The monoisotopic (exact) mass is 805 g/mol. The van der Waals surface area contributed by atoms with Crippen LogP contribution in [-0.4, -0.2) is 11.2 Å². The van der Waals surface area contributed by atoms with Crippen LogP contribution in [0.4, 0.5) is 5.69 Å². The predicted molar refractivity (Wildman–Crippen MR) is 196 cm³/mol. The van der Waals surface area contributed by atoms with E-state index >= 15 is 0 Å². The maximum atomic E-state index is 6.54. The van der Waals surface area contributed by atoms with Crippen molar-refractivity contribution in [3.05, 3.63) is 144 Å². The number of oxazole rings is 1. The minimum atomic E-state index is -0.0781.